The van der Waals surface area contributed by atoms with Crippen LogP contribution in [0.4, 0.5) is 4.79 Å². The van der Waals surface area contributed by atoms with Crippen molar-refractivity contribution in [2.75, 3.05) is 26.7 Å². The molecule has 1 heterocycles. The minimum absolute atomic E-state index is 0.00233. The summed E-state index contributed by atoms with van der Waals surface area (Å²) in [6.07, 6.45) is 10.9. The number of hydrogen-bond acceptors (Lipinski definition) is 6. The molecule has 0 spiro atoms. The van der Waals surface area contributed by atoms with E-state index in [0.29, 0.717) is 43.6 Å². The van der Waals surface area contributed by atoms with Crippen LogP contribution in [0.5, 0.6) is 0 Å². The molecule has 3 aliphatic rings. The second-order valence-corrected chi connectivity index (χ2v) is 16.5. The number of fused-ring (bicyclic) bond motifs is 1. The molecule has 1 saturated heterocycles. The van der Waals surface area contributed by atoms with E-state index in [2.05, 4.69) is 94.4 Å². The van der Waals surface area contributed by atoms with Crippen LogP contribution in [0.3, 0.4) is 0 Å². The number of unbranched alkanes of at least 4 members (excludes halogenated alkanes) is 1. The van der Waals surface area contributed by atoms with Crippen LogP contribution in [0, 0.1) is 34.5 Å². The molecule has 3 amide bonds. The lowest BCUT2D eigenvalue weighted by Gasteiger charge is -2.39. The zero-order chi connectivity index (χ0) is 36.5. The Bertz CT molecular complexity index is 1210. The zero-order valence-corrected chi connectivity index (χ0v) is 31.8. The van der Waals surface area contributed by atoms with Crippen molar-refractivity contribution in [1.29, 1.82) is 0 Å². The van der Waals surface area contributed by atoms with Gasteiger partial charge in [0, 0.05) is 50.0 Å². The lowest BCUT2D eigenvalue weighted by atomic mass is 9.82. The molecule has 4 unspecified atom stereocenters. The maximum Gasteiger partial charge on any atom is 0.315 e. The lowest BCUT2D eigenvalue weighted by Crippen LogP contribution is -2.58. The highest BCUT2D eigenvalue weighted by molar-refractivity contribution is 5.98. The predicted molar refractivity (Wildman–Crippen MR) is 201 cm³/mol. The number of rotatable bonds is 19. The van der Waals surface area contributed by atoms with Gasteiger partial charge in [-0.15, -0.1) is 6.58 Å². The number of hydrogen-bond donors (Lipinski definition) is 5. The molecule has 276 valence electrons. The number of carbonyl (C=O) groups is 3. The Labute approximate surface area is 297 Å². The summed E-state index contributed by atoms with van der Waals surface area (Å²) in [5.41, 5.74) is 1.98. The standard InChI is InChI=1S/C40H68N6O3/c1-12-14-20-32(36(47)28(5)42-23-13-2)43-27(4)30-24-46(25-31-34(30)40(31,9)10)37(48)35(29-18-16-15-17-19-29)45-38(49)44-33(39(6,7)8)22-21-26(3)41-11/h13,29-35,41-43H,2-5,12,14-25H2,1,6-11H3,(H2,44,45,49)/t30?,31-,32?,33?,34+,35?/m0/s1. The number of carbonyl (C=O) groups excluding carboxylic acids is 3. The number of allylic oxidation sites excluding steroid dienone is 1. The molecule has 0 aromatic heterocycles. The van der Waals surface area contributed by atoms with Crippen molar-refractivity contribution in [1.82, 2.24) is 31.5 Å². The number of ketones is 1. The van der Waals surface area contributed by atoms with Crippen molar-refractivity contribution < 1.29 is 14.4 Å². The highest BCUT2D eigenvalue weighted by Gasteiger charge is 2.64. The van der Waals surface area contributed by atoms with Gasteiger partial charge in [-0.1, -0.05) is 99.5 Å². The quantitative estimate of drug-likeness (QED) is 0.0796. The molecule has 6 atom stereocenters. The Hall–Kier alpha value is -3.23. The van der Waals surface area contributed by atoms with Gasteiger partial charge in [-0.2, -0.15) is 0 Å². The van der Waals surface area contributed by atoms with Crippen molar-refractivity contribution in [3.8, 4) is 0 Å². The third kappa shape index (κ3) is 10.6. The second kappa shape index (κ2) is 17.6. The van der Waals surface area contributed by atoms with Gasteiger partial charge < -0.3 is 31.5 Å². The fourth-order valence-electron chi connectivity index (χ4n) is 8.16. The molecule has 0 radical (unpaired) electrons. The average Bonchev–Trinajstić information content (AvgIpc) is 3.64. The van der Waals surface area contributed by atoms with Crippen LogP contribution in [0.2, 0.25) is 0 Å². The number of amides is 3. The van der Waals surface area contributed by atoms with Crippen LogP contribution >= 0.6 is 0 Å². The highest BCUT2D eigenvalue weighted by atomic mass is 16.2. The fraction of sp³-hybridized carbons (Fsp3) is 0.725. The number of likely N-dealkylation sites (tertiary alicyclic amines) is 1. The van der Waals surface area contributed by atoms with Crippen LogP contribution in [-0.2, 0) is 9.59 Å². The summed E-state index contributed by atoms with van der Waals surface area (Å²) in [5, 5.41) is 16.1. The van der Waals surface area contributed by atoms with E-state index in [1.807, 2.05) is 11.9 Å². The minimum Gasteiger partial charge on any atom is -0.392 e. The first kappa shape index (κ1) is 40.2. The zero-order valence-electron chi connectivity index (χ0n) is 31.8. The molecule has 0 aromatic carbocycles. The first-order chi connectivity index (χ1) is 23.1. The Morgan fingerprint density at radius 3 is 2.24 bits per heavy atom. The Morgan fingerprint density at radius 2 is 1.65 bits per heavy atom. The van der Waals surface area contributed by atoms with Gasteiger partial charge in [0.05, 0.1) is 11.7 Å². The summed E-state index contributed by atoms with van der Waals surface area (Å²) in [7, 11) is 1.86. The number of urea groups is 1. The molecule has 49 heavy (non-hydrogen) atoms. The summed E-state index contributed by atoms with van der Waals surface area (Å²) >= 11 is 0. The fourth-order valence-corrected chi connectivity index (χ4v) is 8.16. The first-order valence-electron chi connectivity index (χ1n) is 18.8. The van der Waals surface area contributed by atoms with Crippen molar-refractivity contribution in [2.24, 2.45) is 34.5 Å². The van der Waals surface area contributed by atoms with Gasteiger partial charge in [0.25, 0.3) is 0 Å². The smallest absolute Gasteiger partial charge is 0.315 e. The van der Waals surface area contributed by atoms with E-state index in [1.54, 1.807) is 6.08 Å². The van der Waals surface area contributed by atoms with E-state index in [9.17, 15) is 14.4 Å². The third-order valence-corrected chi connectivity index (χ3v) is 11.6. The monoisotopic (exact) mass is 681 g/mol. The third-order valence-electron chi connectivity index (χ3n) is 11.6. The van der Waals surface area contributed by atoms with E-state index in [4.69, 9.17) is 0 Å². The highest BCUT2D eigenvalue weighted by Crippen LogP contribution is 2.65. The van der Waals surface area contributed by atoms with Crippen LogP contribution < -0.4 is 26.6 Å². The largest absolute Gasteiger partial charge is 0.392 e. The van der Waals surface area contributed by atoms with Crippen LogP contribution in [-0.4, -0.2) is 67.4 Å². The molecule has 9 nitrogen and oxygen atoms in total. The van der Waals surface area contributed by atoms with E-state index in [0.717, 1.165) is 69.2 Å². The Kier molecular flexibility index (Phi) is 14.5. The topological polar surface area (TPSA) is 115 Å². The molecular formula is C40H68N6O3. The van der Waals surface area contributed by atoms with Gasteiger partial charge in [-0.25, -0.2) is 4.79 Å². The summed E-state index contributed by atoms with van der Waals surface area (Å²) in [6.45, 7) is 31.0. The van der Waals surface area contributed by atoms with Crippen molar-refractivity contribution in [3.05, 3.63) is 49.5 Å². The molecule has 2 saturated carbocycles. The van der Waals surface area contributed by atoms with Crippen LogP contribution in [0.25, 0.3) is 0 Å². The first-order valence-corrected chi connectivity index (χ1v) is 18.8. The normalized spacial score (nSPS) is 23.5. The lowest BCUT2D eigenvalue weighted by molar-refractivity contribution is -0.136. The summed E-state index contributed by atoms with van der Waals surface area (Å²) in [5.74, 6) is 0.717. The molecule has 3 fully saturated rings. The molecule has 3 rings (SSSR count). The van der Waals surface area contributed by atoms with Gasteiger partial charge in [0.15, 0.2) is 5.78 Å². The predicted octanol–water partition coefficient (Wildman–Crippen LogP) is 6.41. The van der Waals surface area contributed by atoms with E-state index in [-0.39, 0.29) is 46.4 Å². The van der Waals surface area contributed by atoms with E-state index < -0.39 is 12.1 Å². The molecule has 5 N–H and O–H groups in total. The van der Waals surface area contributed by atoms with Crippen LogP contribution in [0.1, 0.15) is 106 Å². The van der Waals surface area contributed by atoms with Gasteiger partial charge in [-0.05, 0) is 60.7 Å². The van der Waals surface area contributed by atoms with Crippen molar-refractivity contribution in [3.63, 3.8) is 0 Å². The number of Topliss-reactive ketones (excluding diaryl/α,β-unsaturated/α-hetero) is 1. The maximum atomic E-state index is 14.6. The Balaban J connectivity index is 1.80. The SMILES string of the molecule is C=CCNC(=C)C(=O)C(CCCC)NC(=C)C1CN(C(=O)C(NC(=O)NC(CCC(=C)NC)C(C)(C)C)C2CCCCC2)C[C@H]2[C@@H]1C2(C)C. The molecule has 0 bridgehead atoms. The minimum atomic E-state index is -0.591. The van der Waals surface area contributed by atoms with E-state index >= 15 is 0 Å². The summed E-state index contributed by atoms with van der Waals surface area (Å²) in [6, 6.07) is -1.41. The second-order valence-electron chi connectivity index (χ2n) is 16.5. The van der Waals surface area contributed by atoms with Gasteiger partial charge in [-0.3, -0.25) is 9.59 Å². The van der Waals surface area contributed by atoms with Gasteiger partial charge in [0.2, 0.25) is 5.91 Å². The number of nitrogens with one attached hydrogen (secondary N) is 5. The molecule has 1 aliphatic heterocycles. The summed E-state index contributed by atoms with van der Waals surface area (Å²) < 4.78 is 0. The molecule has 9 heteroatoms. The summed E-state index contributed by atoms with van der Waals surface area (Å²) in [4.78, 5) is 43.7. The Morgan fingerprint density at radius 1 is 0.980 bits per heavy atom. The van der Waals surface area contributed by atoms with Gasteiger partial charge >= 0.3 is 6.03 Å². The molecular weight excluding hydrogens is 612 g/mol. The van der Waals surface area contributed by atoms with Crippen molar-refractivity contribution in [2.45, 2.75) is 124 Å². The van der Waals surface area contributed by atoms with Crippen molar-refractivity contribution >= 4 is 17.7 Å². The number of piperidine rings is 1. The maximum absolute atomic E-state index is 14.6. The number of nitrogens with zero attached hydrogens (tertiary/aromatic N) is 1. The van der Waals surface area contributed by atoms with Gasteiger partial charge in [0.1, 0.15) is 6.04 Å². The van der Waals surface area contributed by atoms with E-state index in [1.165, 1.54) is 0 Å². The van der Waals surface area contributed by atoms with Crippen LogP contribution in [0.15, 0.2) is 49.5 Å². The molecule has 0 aromatic rings. The average molecular weight is 681 g/mol. The molecule has 2 aliphatic carbocycles.